The minimum Gasteiger partial charge on any atom is -0.497 e. The molecule has 1 N–H and O–H groups in total. The number of ether oxygens (including phenoxy) is 1. The molecule has 4 aromatic rings. The van der Waals surface area contributed by atoms with E-state index in [9.17, 15) is 13.6 Å². The Labute approximate surface area is 190 Å². The quantitative estimate of drug-likeness (QED) is 0.410. The molecule has 1 aromatic heterocycles. The molecule has 0 spiro atoms. The number of nitrogens with one attached hydrogen (secondary N) is 1. The monoisotopic (exact) mass is 447 g/mol. The number of carbonyl (C=O) groups excluding carboxylic acids is 1. The van der Waals surface area contributed by atoms with E-state index >= 15 is 0 Å². The first-order valence-electron chi connectivity index (χ1n) is 10.5. The first-order chi connectivity index (χ1) is 16.0. The van der Waals surface area contributed by atoms with Crippen molar-refractivity contribution in [2.45, 2.75) is 19.4 Å². The van der Waals surface area contributed by atoms with Crippen LogP contribution in [0.25, 0.3) is 16.9 Å². The Morgan fingerprint density at radius 2 is 1.76 bits per heavy atom. The van der Waals surface area contributed by atoms with Gasteiger partial charge in [-0.2, -0.15) is 5.10 Å². The molecule has 4 rings (SSSR count). The average Bonchev–Trinajstić information content (AvgIpc) is 3.28. The van der Waals surface area contributed by atoms with Gasteiger partial charge >= 0.3 is 0 Å². The van der Waals surface area contributed by atoms with Gasteiger partial charge in [0.05, 0.1) is 24.2 Å². The van der Waals surface area contributed by atoms with Crippen molar-refractivity contribution in [3.05, 3.63) is 102 Å². The first-order valence-corrected chi connectivity index (χ1v) is 10.5. The number of methoxy groups -OCH3 is 1. The zero-order chi connectivity index (χ0) is 23.2. The number of amides is 1. The molecule has 0 aliphatic carbocycles. The minimum absolute atomic E-state index is 0.0955. The zero-order valence-electron chi connectivity index (χ0n) is 18.1. The van der Waals surface area contributed by atoms with Crippen molar-refractivity contribution >= 4 is 5.91 Å². The fraction of sp³-hybridized carbons (Fsp3) is 0.154. The molecule has 0 bridgehead atoms. The van der Waals surface area contributed by atoms with E-state index in [0.717, 1.165) is 11.6 Å². The molecule has 168 valence electrons. The highest BCUT2D eigenvalue weighted by atomic mass is 19.2. The molecule has 5 nitrogen and oxygen atoms in total. The van der Waals surface area contributed by atoms with Gasteiger partial charge in [0.1, 0.15) is 5.75 Å². The number of carbonyl (C=O) groups is 1. The molecule has 0 aliphatic rings. The molecule has 0 fully saturated rings. The van der Waals surface area contributed by atoms with Crippen LogP contribution >= 0.6 is 0 Å². The normalized spacial score (nSPS) is 10.8. The van der Waals surface area contributed by atoms with Crippen molar-refractivity contribution < 1.29 is 18.3 Å². The van der Waals surface area contributed by atoms with Crippen LogP contribution in [-0.4, -0.2) is 22.8 Å². The van der Waals surface area contributed by atoms with Gasteiger partial charge in [-0.25, -0.2) is 13.5 Å². The summed E-state index contributed by atoms with van der Waals surface area (Å²) in [5, 5.41) is 7.47. The molecule has 1 amide bonds. The van der Waals surface area contributed by atoms with E-state index in [2.05, 4.69) is 10.4 Å². The Morgan fingerprint density at radius 1 is 1.00 bits per heavy atom. The van der Waals surface area contributed by atoms with Crippen LogP contribution in [0.3, 0.4) is 0 Å². The standard InChI is InChI=1S/C26H23F2N3O2/c1-33-21-13-11-20(12-14-21)31-24(22-8-5-9-23(27)26(22)28)16-19(30-31)10-15-25(32)29-17-18-6-3-2-4-7-18/h2-9,11-14,16H,10,15,17H2,1H3,(H,29,32). The largest absolute Gasteiger partial charge is 0.497 e. The van der Waals surface area contributed by atoms with Crippen LogP contribution in [0.5, 0.6) is 5.75 Å². The summed E-state index contributed by atoms with van der Waals surface area (Å²) < 4.78 is 35.2. The van der Waals surface area contributed by atoms with Gasteiger partial charge < -0.3 is 10.1 Å². The molecule has 1 heterocycles. The van der Waals surface area contributed by atoms with Crippen LogP contribution in [0.1, 0.15) is 17.7 Å². The van der Waals surface area contributed by atoms with Gasteiger partial charge in [0.2, 0.25) is 5.91 Å². The average molecular weight is 447 g/mol. The second kappa shape index (κ2) is 10.1. The Hall–Kier alpha value is -4.00. The third-order valence-electron chi connectivity index (χ3n) is 5.25. The fourth-order valence-electron chi connectivity index (χ4n) is 3.49. The van der Waals surface area contributed by atoms with E-state index < -0.39 is 11.6 Å². The molecule has 0 radical (unpaired) electrons. The topological polar surface area (TPSA) is 56.2 Å². The summed E-state index contributed by atoms with van der Waals surface area (Å²) in [6.45, 7) is 0.444. The van der Waals surface area contributed by atoms with Crippen molar-refractivity contribution in [2.75, 3.05) is 7.11 Å². The predicted molar refractivity (Wildman–Crippen MR) is 122 cm³/mol. The van der Waals surface area contributed by atoms with Crippen LogP contribution in [-0.2, 0) is 17.8 Å². The highest BCUT2D eigenvalue weighted by Gasteiger charge is 2.18. The summed E-state index contributed by atoms with van der Waals surface area (Å²) in [5.74, 6) is -1.33. The molecular weight excluding hydrogens is 424 g/mol. The van der Waals surface area contributed by atoms with E-state index in [1.807, 2.05) is 30.3 Å². The van der Waals surface area contributed by atoms with E-state index in [0.29, 0.717) is 35.8 Å². The number of benzene rings is 3. The van der Waals surface area contributed by atoms with Crippen molar-refractivity contribution in [1.82, 2.24) is 15.1 Å². The lowest BCUT2D eigenvalue weighted by Gasteiger charge is -2.09. The van der Waals surface area contributed by atoms with Crippen LogP contribution in [0.4, 0.5) is 8.78 Å². The Kier molecular flexibility index (Phi) is 6.78. The fourth-order valence-corrected chi connectivity index (χ4v) is 3.49. The van der Waals surface area contributed by atoms with Gasteiger partial charge in [0.15, 0.2) is 11.6 Å². The maximum absolute atomic E-state index is 14.6. The highest BCUT2D eigenvalue weighted by Crippen LogP contribution is 2.28. The van der Waals surface area contributed by atoms with Gasteiger partial charge in [0.25, 0.3) is 0 Å². The minimum atomic E-state index is -0.945. The van der Waals surface area contributed by atoms with Crippen LogP contribution < -0.4 is 10.1 Å². The van der Waals surface area contributed by atoms with Gasteiger partial charge in [-0.05, 0) is 48.0 Å². The Bertz CT molecular complexity index is 1240. The van der Waals surface area contributed by atoms with Crippen molar-refractivity contribution in [3.63, 3.8) is 0 Å². The lowest BCUT2D eigenvalue weighted by Crippen LogP contribution is -2.23. The molecule has 0 unspecified atom stereocenters. The van der Waals surface area contributed by atoms with E-state index in [-0.39, 0.29) is 17.9 Å². The second-order valence-corrected chi connectivity index (χ2v) is 7.49. The van der Waals surface area contributed by atoms with E-state index in [1.54, 1.807) is 42.1 Å². The lowest BCUT2D eigenvalue weighted by atomic mass is 10.1. The van der Waals surface area contributed by atoms with E-state index in [4.69, 9.17) is 4.74 Å². The molecule has 3 aromatic carbocycles. The number of aryl methyl sites for hydroxylation is 1. The van der Waals surface area contributed by atoms with Gasteiger partial charge in [0, 0.05) is 24.9 Å². The van der Waals surface area contributed by atoms with Gasteiger partial charge in [-0.1, -0.05) is 36.4 Å². The number of nitrogens with zero attached hydrogens (tertiary/aromatic N) is 2. The molecule has 0 saturated carbocycles. The van der Waals surface area contributed by atoms with Gasteiger partial charge in [-0.15, -0.1) is 0 Å². The van der Waals surface area contributed by atoms with Crippen molar-refractivity contribution in [2.24, 2.45) is 0 Å². The number of hydrogen-bond acceptors (Lipinski definition) is 3. The summed E-state index contributed by atoms with van der Waals surface area (Å²) in [4.78, 5) is 12.3. The maximum Gasteiger partial charge on any atom is 0.220 e. The van der Waals surface area contributed by atoms with E-state index in [1.165, 1.54) is 12.1 Å². The summed E-state index contributed by atoms with van der Waals surface area (Å²) in [7, 11) is 1.57. The van der Waals surface area contributed by atoms with Crippen LogP contribution in [0.15, 0.2) is 78.9 Å². The smallest absolute Gasteiger partial charge is 0.220 e. The molecule has 33 heavy (non-hydrogen) atoms. The molecule has 7 heteroatoms. The third kappa shape index (κ3) is 5.26. The SMILES string of the molecule is COc1ccc(-n2nc(CCC(=O)NCc3ccccc3)cc2-c2cccc(F)c2F)cc1. The summed E-state index contributed by atoms with van der Waals surface area (Å²) in [5.41, 5.74) is 2.77. The third-order valence-corrected chi connectivity index (χ3v) is 5.25. The van der Waals surface area contributed by atoms with Crippen molar-refractivity contribution in [1.29, 1.82) is 0 Å². The lowest BCUT2D eigenvalue weighted by molar-refractivity contribution is -0.121. The highest BCUT2D eigenvalue weighted by molar-refractivity contribution is 5.76. The van der Waals surface area contributed by atoms with Crippen LogP contribution in [0, 0.1) is 11.6 Å². The number of hydrogen-bond donors (Lipinski definition) is 1. The van der Waals surface area contributed by atoms with Gasteiger partial charge in [-0.3, -0.25) is 4.79 Å². The van der Waals surface area contributed by atoms with Crippen LogP contribution in [0.2, 0.25) is 0 Å². The second-order valence-electron chi connectivity index (χ2n) is 7.49. The molecular formula is C26H23F2N3O2. The molecule has 0 saturated heterocycles. The Balaban J connectivity index is 1.56. The maximum atomic E-state index is 14.6. The Morgan fingerprint density at radius 3 is 2.48 bits per heavy atom. The number of rotatable bonds is 8. The summed E-state index contributed by atoms with van der Waals surface area (Å²) in [6.07, 6.45) is 0.575. The predicted octanol–water partition coefficient (Wildman–Crippen LogP) is 5.08. The number of aromatic nitrogens is 2. The summed E-state index contributed by atoms with van der Waals surface area (Å²) in [6, 6.07) is 22.4. The molecule has 0 aliphatic heterocycles. The molecule has 0 atom stereocenters. The van der Waals surface area contributed by atoms with Crippen molar-refractivity contribution in [3.8, 4) is 22.7 Å². The first kappa shape index (κ1) is 22.2. The number of halogens is 2. The zero-order valence-corrected chi connectivity index (χ0v) is 18.1. The summed E-state index contributed by atoms with van der Waals surface area (Å²) >= 11 is 0.